The molecule has 0 heterocycles. The third-order valence-electron chi connectivity index (χ3n) is 2.64. The van der Waals surface area contributed by atoms with Crippen LogP contribution < -0.4 is 28.9 Å². The van der Waals surface area contributed by atoms with Crippen LogP contribution in [0.4, 0.5) is 0 Å². The predicted molar refractivity (Wildman–Crippen MR) is 81.1 cm³/mol. The van der Waals surface area contributed by atoms with Gasteiger partial charge in [-0.05, 0) is 17.7 Å². The molecule has 0 N–H and O–H groups in total. The predicted octanol–water partition coefficient (Wildman–Crippen LogP) is 0.128. The molecule has 0 spiro atoms. The van der Waals surface area contributed by atoms with Gasteiger partial charge in [0.05, 0.1) is 6.61 Å². The molecule has 0 fully saturated rings. The van der Waals surface area contributed by atoms with Crippen molar-refractivity contribution in [2.24, 2.45) is 0 Å². The van der Waals surface area contributed by atoms with Crippen LogP contribution in [0.15, 0.2) is 54.6 Å². The zero-order chi connectivity index (χ0) is 14.2. The fraction of sp³-hybridized carbons (Fsp3) is 0.188. The van der Waals surface area contributed by atoms with Crippen molar-refractivity contribution in [1.82, 2.24) is 0 Å². The topological polar surface area (TPSA) is 35.5 Å². The summed E-state index contributed by atoms with van der Waals surface area (Å²) in [6.45, 7) is 1.09. The molecule has 2 aromatic carbocycles. The Morgan fingerprint density at radius 2 is 1.67 bits per heavy atom. The Balaban J connectivity index is 0.00000220. The smallest absolute Gasteiger partial charge is 0.491 e. The SMILES string of the molecule is COCCOc1ccc([P-]C(=O)c2ccccc2)cc1.[Li+]. The van der Waals surface area contributed by atoms with E-state index < -0.39 is 0 Å². The fourth-order valence-corrected chi connectivity index (χ4v) is 2.43. The minimum Gasteiger partial charge on any atom is -0.491 e. The zero-order valence-corrected chi connectivity index (χ0v) is 13.2. The average molecular weight is 294 g/mol. The van der Waals surface area contributed by atoms with Crippen molar-refractivity contribution < 1.29 is 33.1 Å². The molecule has 104 valence electrons. The van der Waals surface area contributed by atoms with Crippen molar-refractivity contribution in [3.05, 3.63) is 60.2 Å². The molecule has 0 saturated carbocycles. The molecular weight excluding hydrogens is 278 g/mol. The molecule has 0 atom stereocenters. The monoisotopic (exact) mass is 294 g/mol. The zero-order valence-electron chi connectivity index (χ0n) is 12.3. The first-order valence-corrected chi connectivity index (χ1v) is 7.22. The number of rotatable bonds is 7. The van der Waals surface area contributed by atoms with E-state index in [-0.39, 0.29) is 24.4 Å². The van der Waals surface area contributed by atoms with Crippen molar-refractivity contribution >= 4 is 19.4 Å². The molecule has 0 bridgehead atoms. The van der Waals surface area contributed by atoms with Crippen LogP contribution in [0.2, 0.25) is 0 Å². The van der Waals surface area contributed by atoms with Gasteiger partial charge in [0.15, 0.2) is 0 Å². The first-order chi connectivity index (χ1) is 9.79. The molecule has 2 rings (SSSR count). The van der Waals surface area contributed by atoms with E-state index in [4.69, 9.17) is 9.47 Å². The van der Waals surface area contributed by atoms with Crippen molar-refractivity contribution in [3.63, 3.8) is 0 Å². The molecule has 0 saturated heterocycles. The van der Waals surface area contributed by atoms with E-state index >= 15 is 0 Å². The first-order valence-electron chi connectivity index (χ1n) is 6.32. The van der Waals surface area contributed by atoms with Gasteiger partial charge in [-0.1, -0.05) is 42.5 Å². The standard InChI is InChI=1S/C16H16O3P.Li/c1-18-11-12-19-14-7-9-15(10-8-14)20-16(17)13-5-3-2-4-6-13;/h2-10H,11-12H2,1H3;/q-1;+1. The molecule has 0 unspecified atom stereocenters. The van der Waals surface area contributed by atoms with Crippen molar-refractivity contribution in [1.29, 1.82) is 0 Å². The van der Waals surface area contributed by atoms with Gasteiger partial charge < -0.3 is 22.8 Å². The van der Waals surface area contributed by atoms with E-state index in [1.807, 2.05) is 54.6 Å². The van der Waals surface area contributed by atoms with Crippen LogP contribution in [0.25, 0.3) is 0 Å². The molecule has 2 aromatic rings. The second kappa shape index (κ2) is 9.77. The molecule has 21 heavy (non-hydrogen) atoms. The van der Waals surface area contributed by atoms with Gasteiger partial charge >= 0.3 is 18.9 Å². The number of ether oxygens (including phenoxy) is 2. The molecule has 3 nitrogen and oxygen atoms in total. The van der Waals surface area contributed by atoms with E-state index in [0.717, 1.165) is 16.6 Å². The van der Waals surface area contributed by atoms with Crippen LogP contribution in [0.3, 0.4) is 0 Å². The molecule has 5 heteroatoms. The minimum absolute atomic E-state index is 0. The summed E-state index contributed by atoms with van der Waals surface area (Å²) < 4.78 is 10.4. The van der Waals surface area contributed by atoms with Crippen LogP contribution in [0, 0.1) is 0 Å². The summed E-state index contributed by atoms with van der Waals surface area (Å²) >= 11 is 0. The Bertz CT molecular complexity index is 543. The number of methoxy groups -OCH3 is 1. The van der Waals surface area contributed by atoms with E-state index in [2.05, 4.69) is 0 Å². The maximum Gasteiger partial charge on any atom is 1.00 e. The van der Waals surface area contributed by atoms with Gasteiger partial charge in [0, 0.05) is 12.6 Å². The average Bonchev–Trinajstić information content (AvgIpc) is 2.50. The quantitative estimate of drug-likeness (QED) is 0.414. The van der Waals surface area contributed by atoms with E-state index in [1.165, 1.54) is 0 Å². The Labute approximate surface area is 139 Å². The van der Waals surface area contributed by atoms with Crippen molar-refractivity contribution in [3.8, 4) is 5.75 Å². The summed E-state index contributed by atoms with van der Waals surface area (Å²) in [4.78, 5) is 12.0. The minimum atomic E-state index is 0. The van der Waals surface area contributed by atoms with Crippen LogP contribution in [0.1, 0.15) is 10.4 Å². The van der Waals surface area contributed by atoms with Crippen molar-refractivity contribution in [2.45, 2.75) is 0 Å². The fourth-order valence-electron chi connectivity index (χ4n) is 1.62. The number of hydrogen-bond donors (Lipinski definition) is 0. The summed E-state index contributed by atoms with van der Waals surface area (Å²) in [6.07, 6.45) is 0. The van der Waals surface area contributed by atoms with Crippen LogP contribution >= 0.6 is 8.58 Å². The summed E-state index contributed by atoms with van der Waals surface area (Å²) in [5.41, 5.74) is 0.827. The second-order valence-corrected chi connectivity index (χ2v) is 5.26. The van der Waals surface area contributed by atoms with Gasteiger partial charge in [0.1, 0.15) is 12.4 Å². The van der Waals surface area contributed by atoms with Crippen LogP contribution in [0.5, 0.6) is 5.75 Å². The number of hydrogen-bond acceptors (Lipinski definition) is 3. The van der Waals surface area contributed by atoms with E-state index in [1.54, 1.807) is 7.11 Å². The normalized spacial score (nSPS) is 10.3. The van der Waals surface area contributed by atoms with Gasteiger partial charge in [-0.15, -0.1) is 0 Å². The summed E-state index contributed by atoms with van der Waals surface area (Å²) in [5, 5.41) is 0.956. The third-order valence-corrected chi connectivity index (χ3v) is 3.66. The van der Waals surface area contributed by atoms with Gasteiger partial charge in [0.25, 0.3) is 0 Å². The van der Waals surface area contributed by atoms with Crippen LogP contribution in [-0.4, -0.2) is 25.8 Å². The molecular formula is C16H16LiO3P. The van der Waals surface area contributed by atoms with Gasteiger partial charge in [-0.3, -0.25) is 0 Å². The molecule has 0 radical (unpaired) electrons. The maximum atomic E-state index is 12.0. The number of carbonyl (C=O) groups is 1. The third kappa shape index (κ3) is 6.04. The summed E-state index contributed by atoms with van der Waals surface area (Å²) in [7, 11) is 2.31. The van der Waals surface area contributed by atoms with Crippen molar-refractivity contribution in [2.75, 3.05) is 20.3 Å². The van der Waals surface area contributed by atoms with Gasteiger partial charge in [-0.2, -0.15) is 5.30 Å². The largest absolute Gasteiger partial charge is 1.00 e. The first kappa shape index (κ1) is 17.9. The maximum absolute atomic E-state index is 12.0. The summed E-state index contributed by atoms with van der Waals surface area (Å²) in [6, 6.07) is 16.9. The summed E-state index contributed by atoms with van der Waals surface area (Å²) in [5.74, 6) is 0.785. The van der Waals surface area contributed by atoms with Crippen LogP contribution in [-0.2, 0) is 4.74 Å². The molecule has 0 amide bonds. The molecule has 0 aliphatic rings. The Morgan fingerprint density at radius 1 is 1.00 bits per heavy atom. The molecule has 0 aliphatic heterocycles. The molecule has 0 aliphatic carbocycles. The van der Waals surface area contributed by atoms with E-state index in [9.17, 15) is 4.79 Å². The Morgan fingerprint density at radius 3 is 2.29 bits per heavy atom. The Hall–Kier alpha value is -1.10. The number of carbonyl (C=O) groups excluding carboxylic acids is 1. The van der Waals surface area contributed by atoms with E-state index in [0.29, 0.717) is 21.8 Å². The number of benzene rings is 2. The van der Waals surface area contributed by atoms with Gasteiger partial charge in [0.2, 0.25) is 0 Å². The Kier molecular flexibility index (Phi) is 8.35. The molecule has 0 aromatic heterocycles. The van der Waals surface area contributed by atoms with Gasteiger partial charge in [-0.25, -0.2) is 0 Å². The second-order valence-electron chi connectivity index (χ2n) is 4.12.